The van der Waals surface area contributed by atoms with Crippen LogP contribution in [-0.2, 0) is 9.53 Å². The van der Waals surface area contributed by atoms with E-state index in [1.165, 1.54) is 0 Å². The number of hydrogen-bond acceptors (Lipinski definition) is 7. The summed E-state index contributed by atoms with van der Waals surface area (Å²) in [7, 11) is 0. The number of amides is 1. The SMILES string of the molecule is CC1CC23OC4C(CC2(C)C(C)CCC3C(C)(C)C1=NO)C(O)CC1C(=O)NC(N)(O)C14. The minimum absolute atomic E-state index is 0.0248. The first kappa shape index (κ1) is 22.6. The molecule has 2 heterocycles. The van der Waals surface area contributed by atoms with E-state index in [0.29, 0.717) is 18.8 Å². The zero-order valence-electron chi connectivity index (χ0n) is 19.8. The summed E-state index contributed by atoms with van der Waals surface area (Å²) < 4.78 is 7.20. The second-order valence-electron chi connectivity index (χ2n) is 12.4. The van der Waals surface area contributed by atoms with Crippen LogP contribution in [-0.4, -0.2) is 50.7 Å². The quantitative estimate of drug-likeness (QED) is 0.217. The number of fused-ring (bicyclic) bond motifs is 3. The highest BCUT2D eigenvalue weighted by Crippen LogP contribution is 2.69. The first-order valence-electron chi connectivity index (χ1n) is 12.2. The average Bonchev–Trinajstić information content (AvgIpc) is 2.90. The van der Waals surface area contributed by atoms with Crippen LogP contribution in [0.1, 0.15) is 66.7 Å². The maximum atomic E-state index is 12.6. The Morgan fingerprint density at radius 2 is 1.88 bits per heavy atom. The summed E-state index contributed by atoms with van der Waals surface area (Å²) in [4.78, 5) is 12.6. The van der Waals surface area contributed by atoms with Crippen molar-refractivity contribution in [3.05, 3.63) is 0 Å². The number of oxime groups is 1. The number of carbonyl (C=O) groups is 1. The number of ether oxygens (including phenoxy) is 1. The summed E-state index contributed by atoms with van der Waals surface area (Å²) in [5, 5.41) is 38.2. The number of carbonyl (C=O) groups excluding carboxylic acids is 1. The van der Waals surface area contributed by atoms with Gasteiger partial charge < -0.3 is 25.5 Å². The van der Waals surface area contributed by atoms with Crippen molar-refractivity contribution in [1.82, 2.24) is 5.32 Å². The zero-order valence-corrected chi connectivity index (χ0v) is 19.8. The fourth-order valence-electron chi connectivity index (χ4n) is 8.98. The predicted octanol–water partition coefficient (Wildman–Crippen LogP) is 1.81. The molecular weight excluding hydrogens is 410 g/mol. The first-order valence-corrected chi connectivity index (χ1v) is 12.2. The number of nitrogens with zero attached hydrogens (tertiary/aromatic N) is 1. The molecule has 5 aliphatic rings. The summed E-state index contributed by atoms with van der Waals surface area (Å²) >= 11 is 0. The highest BCUT2D eigenvalue weighted by atomic mass is 16.5. The van der Waals surface area contributed by atoms with Crippen molar-refractivity contribution >= 4 is 11.6 Å². The molecule has 8 heteroatoms. The van der Waals surface area contributed by atoms with E-state index < -0.39 is 35.5 Å². The van der Waals surface area contributed by atoms with E-state index in [1.807, 2.05) is 0 Å². The molecule has 2 aliphatic heterocycles. The fourth-order valence-corrected chi connectivity index (χ4v) is 8.98. The molecule has 8 nitrogen and oxygen atoms in total. The van der Waals surface area contributed by atoms with E-state index in [0.717, 1.165) is 25.0 Å². The molecule has 0 aromatic carbocycles. The van der Waals surface area contributed by atoms with Crippen LogP contribution in [0.15, 0.2) is 5.16 Å². The monoisotopic (exact) mass is 449 g/mol. The van der Waals surface area contributed by atoms with Gasteiger partial charge in [0.05, 0.1) is 35.4 Å². The number of nitrogens with two attached hydrogens (primary N) is 1. The lowest BCUT2D eigenvalue weighted by atomic mass is 9.41. The molecule has 0 aromatic heterocycles. The average molecular weight is 450 g/mol. The molecule has 11 atom stereocenters. The van der Waals surface area contributed by atoms with E-state index in [2.05, 4.69) is 45.1 Å². The molecule has 11 unspecified atom stereocenters. The third-order valence-electron chi connectivity index (χ3n) is 10.6. The highest BCUT2D eigenvalue weighted by molar-refractivity contribution is 5.92. The molecule has 2 saturated heterocycles. The van der Waals surface area contributed by atoms with Crippen LogP contribution in [0.5, 0.6) is 0 Å². The fraction of sp³-hybridized carbons (Fsp3) is 0.917. The number of aliphatic hydroxyl groups excluding tert-OH is 1. The lowest BCUT2D eigenvalue weighted by Crippen LogP contribution is -2.74. The van der Waals surface area contributed by atoms with Gasteiger partial charge in [0.1, 0.15) is 0 Å². The topological polar surface area (TPSA) is 137 Å². The first-order chi connectivity index (χ1) is 14.8. The van der Waals surface area contributed by atoms with Gasteiger partial charge in [-0.15, -0.1) is 0 Å². The molecule has 180 valence electrons. The van der Waals surface area contributed by atoms with Crippen molar-refractivity contribution in [2.75, 3.05) is 0 Å². The number of aliphatic hydroxyl groups is 2. The Morgan fingerprint density at radius 1 is 1.19 bits per heavy atom. The van der Waals surface area contributed by atoms with E-state index in [1.54, 1.807) is 0 Å². The molecule has 1 spiro atoms. The highest BCUT2D eigenvalue weighted by Gasteiger charge is 2.72. The number of rotatable bonds is 0. The predicted molar refractivity (Wildman–Crippen MR) is 117 cm³/mol. The maximum Gasteiger partial charge on any atom is 0.227 e. The maximum absolute atomic E-state index is 12.6. The van der Waals surface area contributed by atoms with Crippen molar-refractivity contribution < 1.29 is 25.0 Å². The number of nitrogens with one attached hydrogen (secondary N) is 1. The van der Waals surface area contributed by atoms with Crippen LogP contribution in [0.2, 0.25) is 0 Å². The molecule has 0 radical (unpaired) electrons. The third kappa shape index (κ3) is 2.58. The van der Waals surface area contributed by atoms with Gasteiger partial charge in [-0.3, -0.25) is 10.5 Å². The van der Waals surface area contributed by atoms with Gasteiger partial charge in [-0.1, -0.05) is 39.8 Å². The largest absolute Gasteiger partial charge is 0.411 e. The van der Waals surface area contributed by atoms with Gasteiger partial charge in [-0.25, -0.2) is 0 Å². The molecule has 0 aromatic rings. The van der Waals surface area contributed by atoms with E-state index in [4.69, 9.17) is 10.5 Å². The van der Waals surface area contributed by atoms with Crippen LogP contribution >= 0.6 is 0 Å². The Labute approximate surface area is 190 Å². The molecular formula is C24H39N3O5. The van der Waals surface area contributed by atoms with Crippen molar-refractivity contribution in [3.63, 3.8) is 0 Å². The smallest absolute Gasteiger partial charge is 0.227 e. The summed E-state index contributed by atoms with van der Waals surface area (Å²) in [5.41, 5.74) is 5.93. The van der Waals surface area contributed by atoms with Gasteiger partial charge >= 0.3 is 0 Å². The van der Waals surface area contributed by atoms with Crippen molar-refractivity contribution in [2.24, 2.45) is 57.2 Å². The lowest BCUT2D eigenvalue weighted by molar-refractivity contribution is -0.331. The van der Waals surface area contributed by atoms with Crippen LogP contribution < -0.4 is 11.1 Å². The Bertz CT molecular complexity index is 859. The standard InChI is InChI=1S/C24H39N3O5/c1-11-9-23-16(21(3,4)19(11)27-31)7-6-12(2)22(23,5)10-14-15(28)8-13-17(18(14)32-23)24(25,30)26-20(13)29/h11-18,28,30-31H,6-10,25H2,1-5H3,(H,26,29). The van der Waals surface area contributed by atoms with Crippen LogP contribution in [0, 0.1) is 46.3 Å². The molecule has 5 fully saturated rings. The summed E-state index contributed by atoms with van der Waals surface area (Å²) in [6, 6.07) is 0. The van der Waals surface area contributed by atoms with Crippen molar-refractivity contribution in [1.29, 1.82) is 0 Å². The molecule has 1 amide bonds. The van der Waals surface area contributed by atoms with Gasteiger partial charge in [-0.05, 0) is 49.4 Å². The normalized spacial score (nSPS) is 57.8. The Kier molecular flexibility index (Phi) is 4.71. The second kappa shape index (κ2) is 6.68. The molecule has 32 heavy (non-hydrogen) atoms. The lowest BCUT2D eigenvalue weighted by Gasteiger charge is -2.70. The van der Waals surface area contributed by atoms with Gasteiger partial charge in [0.2, 0.25) is 5.91 Å². The second-order valence-corrected chi connectivity index (χ2v) is 12.4. The Balaban J connectivity index is 1.65. The molecule has 6 N–H and O–H groups in total. The van der Waals surface area contributed by atoms with E-state index in [-0.39, 0.29) is 34.5 Å². The van der Waals surface area contributed by atoms with E-state index in [9.17, 15) is 20.2 Å². The number of hydrogen-bond donors (Lipinski definition) is 5. The van der Waals surface area contributed by atoms with Crippen molar-refractivity contribution in [3.8, 4) is 0 Å². The summed E-state index contributed by atoms with van der Waals surface area (Å²) in [6.07, 6.45) is 2.57. The van der Waals surface area contributed by atoms with Gasteiger partial charge in [0.25, 0.3) is 0 Å². The van der Waals surface area contributed by atoms with Gasteiger partial charge in [0.15, 0.2) is 5.85 Å². The Morgan fingerprint density at radius 3 is 2.53 bits per heavy atom. The minimum atomic E-state index is -1.85. The van der Waals surface area contributed by atoms with Gasteiger partial charge in [0, 0.05) is 17.3 Å². The van der Waals surface area contributed by atoms with E-state index >= 15 is 0 Å². The molecule has 0 bridgehead atoms. The zero-order chi connectivity index (χ0) is 23.4. The molecule has 3 aliphatic carbocycles. The van der Waals surface area contributed by atoms with Crippen molar-refractivity contribution in [2.45, 2.75) is 90.4 Å². The molecule has 5 rings (SSSR count). The van der Waals surface area contributed by atoms with Gasteiger partial charge in [-0.2, -0.15) is 0 Å². The third-order valence-corrected chi connectivity index (χ3v) is 10.6. The Hall–Kier alpha value is -1.22. The summed E-state index contributed by atoms with van der Waals surface area (Å²) in [5.74, 6) is -2.99. The van der Waals surface area contributed by atoms with Crippen LogP contribution in [0.25, 0.3) is 0 Å². The van der Waals surface area contributed by atoms with Crippen LogP contribution in [0.4, 0.5) is 0 Å². The van der Waals surface area contributed by atoms with Crippen LogP contribution in [0.3, 0.4) is 0 Å². The summed E-state index contributed by atoms with van der Waals surface area (Å²) in [6.45, 7) is 11.0. The minimum Gasteiger partial charge on any atom is -0.411 e. The molecule has 3 saturated carbocycles.